The van der Waals surface area contributed by atoms with Gasteiger partial charge in [-0.15, -0.1) is 0 Å². The van der Waals surface area contributed by atoms with E-state index in [9.17, 15) is 4.79 Å². The van der Waals surface area contributed by atoms with Gasteiger partial charge in [0.25, 0.3) is 0 Å². The van der Waals surface area contributed by atoms with Crippen LogP contribution in [-0.4, -0.2) is 35.9 Å². The third kappa shape index (κ3) is 4.05. The lowest BCUT2D eigenvalue weighted by molar-refractivity contribution is -0.186. The number of amides is 1. The quantitative estimate of drug-likeness (QED) is 0.906. The predicted octanol–water partition coefficient (Wildman–Crippen LogP) is 2.21. The van der Waals surface area contributed by atoms with Crippen LogP contribution in [0.1, 0.15) is 44.1 Å². The van der Waals surface area contributed by atoms with E-state index in [0.717, 1.165) is 24.8 Å². The highest BCUT2D eigenvalue weighted by molar-refractivity contribution is 5.76. The fraction of sp³-hybridized carbons (Fsp3) is 0.647. The molecule has 0 aromatic carbocycles. The summed E-state index contributed by atoms with van der Waals surface area (Å²) in [6.45, 7) is 1.13. The molecule has 1 aromatic heterocycles. The largest absolute Gasteiger partial charge is 0.353 e. The zero-order valence-corrected chi connectivity index (χ0v) is 12.9. The highest BCUT2D eigenvalue weighted by Crippen LogP contribution is 2.37. The van der Waals surface area contributed by atoms with Crippen molar-refractivity contribution >= 4 is 5.91 Å². The molecule has 1 spiro atoms. The number of nitrogens with zero attached hydrogens (tertiary/aromatic N) is 1. The maximum atomic E-state index is 11.9. The van der Waals surface area contributed by atoms with Gasteiger partial charge in [0.15, 0.2) is 5.79 Å². The van der Waals surface area contributed by atoms with Gasteiger partial charge < -0.3 is 14.8 Å². The molecule has 2 aliphatic rings. The molecule has 22 heavy (non-hydrogen) atoms. The Kier molecular flexibility index (Phi) is 5.05. The van der Waals surface area contributed by atoms with Crippen molar-refractivity contribution in [1.82, 2.24) is 10.3 Å². The van der Waals surface area contributed by atoms with Crippen molar-refractivity contribution in [2.75, 3.05) is 13.2 Å². The topological polar surface area (TPSA) is 60.5 Å². The predicted molar refractivity (Wildman–Crippen MR) is 82.2 cm³/mol. The molecule has 0 bridgehead atoms. The first-order valence-corrected chi connectivity index (χ1v) is 8.23. The first-order valence-electron chi connectivity index (χ1n) is 8.23. The molecule has 5 heteroatoms. The van der Waals surface area contributed by atoms with Gasteiger partial charge in [-0.1, -0.05) is 6.42 Å². The maximum absolute atomic E-state index is 11.9. The van der Waals surface area contributed by atoms with Crippen molar-refractivity contribution in [2.45, 2.75) is 56.8 Å². The van der Waals surface area contributed by atoms with Crippen molar-refractivity contribution in [2.24, 2.45) is 0 Å². The average Bonchev–Trinajstić information content (AvgIpc) is 2.95. The second-order valence-electron chi connectivity index (χ2n) is 6.18. The van der Waals surface area contributed by atoms with E-state index in [1.165, 1.54) is 19.3 Å². The number of pyridine rings is 1. The third-order valence-corrected chi connectivity index (χ3v) is 4.45. The summed E-state index contributed by atoms with van der Waals surface area (Å²) in [7, 11) is 0. The minimum absolute atomic E-state index is 0.0111. The van der Waals surface area contributed by atoms with Crippen molar-refractivity contribution in [1.29, 1.82) is 0 Å². The van der Waals surface area contributed by atoms with Crippen LogP contribution in [0.3, 0.4) is 0 Å². The van der Waals surface area contributed by atoms with Crippen molar-refractivity contribution < 1.29 is 14.3 Å². The second kappa shape index (κ2) is 7.20. The van der Waals surface area contributed by atoms with Crippen molar-refractivity contribution in [3.05, 3.63) is 30.1 Å². The van der Waals surface area contributed by atoms with Gasteiger partial charge in [-0.2, -0.15) is 0 Å². The van der Waals surface area contributed by atoms with Gasteiger partial charge in [0.1, 0.15) is 6.10 Å². The van der Waals surface area contributed by atoms with Gasteiger partial charge in [0.2, 0.25) is 5.91 Å². The van der Waals surface area contributed by atoms with E-state index in [0.29, 0.717) is 19.6 Å². The van der Waals surface area contributed by atoms with Gasteiger partial charge in [-0.3, -0.25) is 9.78 Å². The number of hydrogen-bond acceptors (Lipinski definition) is 4. The first kappa shape index (κ1) is 15.4. The van der Waals surface area contributed by atoms with Gasteiger partial charge in [-0.05, 0) is 37.0 Å². The summed E-state index contributed by atoms with van der Waals surface area (Å²) in [6.07, 6.45) is 10.3. The Bertz CT molecular complexity index is 486. The molecule has 0 unspecified atom stereocenters. The van der Waals surface area contributed by atoms with Crippen LogP contribution in [0.2, 0.25) is 0 Å². The fourth-order valence-corrected chi connectivity index (χ4v) is 3.19. The van der Waals surface area contributed by atoms with E-state index < -0.39 is 0 Å². The van der Waals surface area contributed by atoms with Crippen LogP contribution in [0.25, 0.3) is 0 Å². The number of rotatable bonds is 5. The highest BCUT2D eigenvalue weighted by Gasteiger charge is 2.42. The van der Waals surface area contributed by atoms with E-state index in [2.05, 4.69) is 10.3 Å². The molecule has 1 amide bonds. The first-order chi connectivity index (χ1) is 10.8. The lowest BCUT2D eigenvalue weighted by atomic mass is 9.94. The molecule has 1 saturated heterocycles. The molecule has 0 radical (unpaired) electrons. The summed E-state index contributed by atoms with van der Waals surface area (Å²) < 4.78 is 11.9. The highest BCUT2D eigenvalue weighted by atomic mass is 16.7. The summed E-state index contributed by atoms with van der Waals surface area (Å²) in [5, 5.41) is 2.96. The monoisotopic (exact) mass is 304 g/mol. The van der Waals surface area contributed by atoms with Crippen LogP contribution in [-0.2, 0) is 20.7 Å². The number of ether oxygens (including phenoxy) is 2. The number of hydrogen-bond donors (Lipinski definition) is 1. The van der Waals surface area contributed by atoms with Crippen LogP contribution in [0, 0.1) is 0 Å². The Hall–Kier alpha value is -1.46. The van der Waals surface area contributed by atoms with Crippen LogP contribution < -0.4 is 5.32 Å². The number of aryl methyl sites for hydroxylation is 1. The van der Waals surface area contributed by atoms with E-state index >= 15 is 0 Å². The van der Waals surface area contributed by atoms with E-state index in [-0.39, 0.29) is 17.8 Å². The Balaban J connectivity index is 1.37. The van der Waals surface area contributed by atoms with Gasteiger partial charge in [0.05, 0.1) is 6.61 Å². The number of nitrogens with one attached hydrogen (secondary N) is 1. The van der Waals surface area contributed by atoms with Crippen molar-refractivity contribution in [3.63, 3.8) is 0 Å². The maximum Gasteiger partial charge on any atom is 0.220 e. The minimum atomic E-state index is -0.356. The summed E-state index contributed by atoms with van der Waals surface area (Å²) in [4.78, 5) is 15.9. The molecule has 1 N–H and O–H groups in total. The Morgan fingerprint density at radius 3 is 2.82 bits per heavy atom. The molecule has 1 aliphatic heterocycles. The van der Waals surface area contributed by atoms with Gasteiger partial charge in [-0.25, -0.2) is 0 Å². The third-order valence-electron chi connectivity index (χ3n) is 4.45. The zero-order valence-electron chi connectivity index (χ0n) is 12.9. The van der Waals surface area contributed by atoms with Crippen LogP contribution in [0.5, 0.6) is 0 Å². The SMILES string of the molecule is O=C(CCc1ccncc1)NC[C@@H]1COC2(CCCCC2)O1. The molecule has 1 atom stereocenters. The molecule has 120 valence electrons. The molecular weight excluding hydrogens is 280 g/mol. The number of carbonyl (C=O) groups excluding carboxylic acids is 1. The minimum Gasteiger partial charge on any atom is -0.353 e. The van der Waals surface area contributed by atoms with Crippen LogP contribution in [0.15, 0.2) is 24.5 Å². The zero-order chi connectivity index (χ0) is 15.3. The lowest BCUT2D eigenvalue weighted by Crippen LogP contribution is -2.37. The van der Waals surface area contributed by atoms with Gasteiger partial charge >= 0.3 is 0 Å². The van der Waals surface area contributed by atoms with Gasteiger partial charge in [0, 0.05) is 38.2 Å². The Morgan fingerprint density at radius 2 is 2.05 bits per heavy atom. The molecule has 2 heterocycles. The molecule has 1 aromatic rings. The molecule has 1 saturated carbocycles. The lowest BCUT2D eigenvalue weighted by Gasteiger charge is -2.31. The van der Waals surface area contributed by atoms with Crippen molar-refractivity contribution in [3.8, 4) is 0 Å². The smallest absolute Gasteiger partial charge is 0.220 e. The number of aromatic nitrogens is 1. The normalized spacial score (nSPS) is 23.5. The standard InChI is InChI=1S/C17H24N2O3/c20-16(5-4-14-6-10-18-11-7-14)19-12-15-13-21-17(22-15)8-2-1-3-9-17/h6-7,10-11,15H,1-5,8-9,12-13H2,(H,19,20)/t15-/m1/s1. The van der Waals surface area contributed by atoms with Crippen LogP contribution >= 0.6 is 0 Å². The van der Waals surface area contributed by atoms with E-state index in [1.807, 2.05) is 12.1 Å². The average molecular weight is 304 g/mol. The Morgan fingerprint density at radius 1 is 1.27 bits per heavy atom. The fourth-order valence-electron chi connectivity index (χ4n) is 3.19. The molecule has 3 rings (SSSR count). The Labute approximate surface area is 131 Å². The summed E-state index contributed by atoms with van der Waals surface area (Å²) in [6, 6.07) is 3.88. The summed E-state index contributed by atoms with van der Waals surface area (Å²) in [5.41, 5.74) is 1.13. The molecule has 2 fully saturated rings. The van der Waals surface area contributed by atoms with Crippen LogP contribution in [0.4, 0.5) is 0 Å². The summed E-state index contributed by atoms with van der Waals surface area (Å²) in [5.74, 6) is -0.296. The molecule has 5 nitrogen and oxygen atoms in total. The number of carbonyl (C=O) groups is 1. The molecular formula is C17H24N2O3. The summed E-state index contributed by atoms with van der Waals surface area (Å²) >= 11 is 0. The van der Waals surface area contributed by atoms with E-state index in [1.54, 1.807) is 12.4 Å². The second-order valence-corrected chi connectivity index (χ2v) is 6.18. The van der Waals surface area contributed by atoms with E-state index in [4.69, 9.17) is 9.47 Å². The molecule has 1 aliphatic carbocycles.